The SMILES string of the molecule is O=C(Nc1cccc(C(F)(F)F)c1)Nc1cc(F)c(F)cc1Cl. The van der Waals surface area contributed by atoms with Crippen LogP contribution < -0.4 is 10.6 Å². The lowest BCUT2D eigenvalue weighted by atomic mass is 10.2. The number of carbonyl (C=O) groups excluding carboxylic acids is 1. The number of amides is 2. The van der Waals surface area contributed by atoms with Gasteiger partial charge in [-0.2, -0.15) is 13.2 Å². The van der Waals surface area contributed by atoms with Gasteiger partial charge in [-0.25, -0.2) is 13.6 Å². The summed E-state index contributed by atoms with van der Waals surface area (Å²) in [4.78, 5) is 11.7. The topological polar surface area (TPSA) is 41.1 Å². The number of alkyl halides is 3. The molecule has 0 aliphatic rings. The Kier molecular flexibility index (Phi) is 4.74. The number of carbonyl (C=O) groups is 1. The van der Waals surface area contributed by atoms with E-state index in [0.717, 1.165) is 18.2 Å². The number of hydrogen-bond donors (Lipinski definition) is 2. The molecule has 2 N–H and O–H groups in total. The molecule has 0 radical (unpaired) electrons. The van der Waals surface area contributed by atoms with Crippen LogP contribution in [0.5, 0.6) is 0 Å². The average molecular weight is 351 g/mol. The Labute approximate surface area is 132 Å². The van der Waals surface area contributed by atoms with E-state index in [0.29, 0.717) is 12.1 Å². The second-order valence-corrected chi connectivity index (χ2v) is 4.81. The van der Waals surface area contributed by atoms with Gasteiger partial charge in [-0.05, 0) is 24.3 Å². The molecule has 0 saturated carbocycles. The van der Waals surface area contributed by atoms with Crippen LogP contribution in [-0.2, 0) is 6.18 Å². The maximum absolute atomic E-state index is 13.1. The van der Waals surface area contributed by atoms with E-state index in [2.05, 4.69) is 10.6 Å². The molecule has 0 aliphatic heterocycles. The smallest absolute Gasteiger partial charge is 0.308 e. The highest BCUT2D eigenvalue weighted by Crippen LogP contribution is 2.31. The Bertz CT molecular complexity index is 748. The van der Waals surface area contributed by atoms with Gasteiger partial charge < -0.3 is 10.6 Å². The van der Waals surface area contributed by atoms with Gasteiger partial charge in [0.15, 0.2) is 11.6 Å². The van der Waals surface area contributed by atoms with E-state index in [1.54, 1.807) is 0 Å². The summed E-state index contributed by atoms with van der Waals surface area (Å²) in [5, 5.41) is 3.99. The lowest BCUT2D eigenvalue weighted by Gasteiger charge is -2.11. The van der Waals surface area contributed by atoms with Crippen molar-refractivity contribution in [3.8, 4) is 0 Å². The van der Waals surface area contributed by atoms with Crippen molar-refractivity contribution in [1.82, 2.24) is 0 Å². The zero-order valence-electron chi connectivity index (χ0n) is 11.1. The van der Waals surface area contributed by atoms with Gasteiger partial charge in [-0.15, -0.1) is 0 Å². The number of nitrogens with one attached hydrogen (secondary N) is 2. The second kappa shape index (κ2) is 6.41. The predicted molar refractivity (Wildman–Crippen MR) is 75.5 cm³/mol. The van der Waals surface area contributed by atoms with Crippen molar-refractivity contribution in [3.05, 3.63) is 58.6 Å². The number of rotatable bonds is 2. The molecule has 0 atom stereocenters. The number of benzene rings is 2. The minimum atomic E-state index is -4.56. The van der Waals surface area contributed by atoms with Crippen LogP contribution in [0.15, 0.2) is 36.4 Å². The molecule has 2 aromatic carbocycles. The summed E-state index contributed by atoms with van der Waals surface area (Å²) in [7, 11) is 0. The predicted octanol–water partition coefficient (Wildman–Crippen LogP) is 5.28. The van der Waals surface area contributed by atoms with Gasteiger partial charge in [0.2, 0.25) is 0 Å². The number of urea groups is 1. The maximum atomic E-state index is 13.1. The van der Waals surface area contributed by atoms with Crippen LogP contribution in [-0.4, -0.2) is 6.03 Å². The van der Waals surface area contributed by atoms with Crippen LogP contribution in [0.3, 0.4) is 0 Å². The molecule has 0 aliphatic carbocycles. The molecule has 2 rings (SSSR count). The molecule has 3 nitrogen and oxygen atoms in total. The number of hydrogen-bond acceptors (Lipinski definition) is 1. The summed E-state index contributed by atoms with van der Waals surface area (Å²) in [6.07, 6.45) is -4.56. The summed E-state index contributed by atoms with van der Waals surface area (Å²) in [6.45, 7) is 0. The third-order valence-electron chi connectivity index (χ3n) is 2.71. The monoisotopic (exact) mass is 350 g/mol. The van der Waals surface area contributed by atoms with Crippen molar-refractivity contribution in [2.45, 2.75) is 6.18 Å². The van der Waals surface area contributed by atoms with Gasteiger partial charge in [-0.3, -0.25) is 0 Å². The molecule has 0 unspecified atom stereocenters. The van der Waals surface area contributed by atoms with E-state index >= 15 is 0 Å². The Morgan fingerprint density at radius 3 is 2.30 bits per heavy atom. The lowest BCUT2D eigenvalue weighted by molar-refractivity contribution is -0.137. The highest BCUT2D eigenvalue weighted by Gasteiger charge is 2.30. The van der Waals surface area contributed by atoms with Crippen LogP contribution in [0.4, 0.5) is 38.1 Å². The second-order valence-electron chi connectivity index (χ2n) is 4.40. The van der Waals surface area contributed by atoms with Crippen molar-refractivity contribution in [3.63, 3.8) is 0 Å². The molecule has 0 bridgehead atoms. The first-order valence-electron chi connectivity index (χ1n) is 6.06. The van der Waals surface area contributed by atoms with Crippen LogP contribution in [0.1, 0.15) is 5.56 Å². The van der Waals surface area contributed by atoms with Crippen LogP contribution in [0.2, 0.25) is 5.02 Å². The van der Waals surface area contributed by atoms with Gasteiger partial charge in [0, 0.05) is 11.8 Å². The first-order valence-corrected chi connectivity index (χ1v) is 6.44. The maximum Gasteiger partial charge on any atom is 0.416 e. The van der Waals surface area contributed by atoms with E-state index < -0.39 is 29.4 Å². The molecule has 0 spiro atoms. The van der Waals surface area contributed by atoms with Crippen molar-refractivity contribution in [1.29, 1.82) is 0 Å². The minimum Gasteiger partial charge on any atom is -0.308 e. The van der Waals surface area contributed by atoms with Crippen LogP contribution in [0, 0.1) is 11.6 Å². The molecule has 0 aromatic heterocycles. The van der Waals surface area contributed by atoms with E-state index in [-0.39, 0.29) is 16.4 Å². The summed E-state index contributed by atoms with van der Waals surface area (Å²) < 4.78 is 63.7. The number of halogens is 6. The van der Waals surface area contributed by atoms with E-state index in [4.69, 9.17) is 11.6 Å². The van der Waals surface area contributed by atoms with Crippen LogP contribution in [0.25, 0.3) is 0 Å². The Hall–Kier alpha value is -2.35. The van der Waals surface area contributed by atoms with E-state index in [9.17, 15) is 26.7 Å². The molecular formula is C14H8ClF5N2O. The van der Waals surface area contributed by atoms with E-state index in [1.807, 2.05) is 0 Å². The molecule has 2 amide bonds. The zero-order valence-corrected chi connectivity index (χ0v) is 11.9. The summed E-state index contributed by atoms with van der Waals surface area (Å²) in [5.74, 6) is -2.43. The molecule has 2 aromatic rings. The highest BCUT2D eigenvalue weighted by atomic mass is 35.5. The Morgan fingerprint density at radius 1 is 1.00 bits per heavy atom. The molecule has 0 fully saturated rings. The summed E-state index contributed by atoms with van der Waals surface area (Å²) >= 11 is 5.64. The van der Waals surface area contributed by atoms with Crippen molar-refractivity contribution < 1.29 is 26.7 Å². The fourth-order valence-electron chi connectivity index (χ4n) is 1.68. The van der Waals surface area contributed by atoms with Gasteiger partial charge in [0.05, 0.1) is 16.3 Å². The van der Waals surface area contributed by atoms with Gasteiger partial charge in [0.25, 0.3) is 0 Å². The summed E-state index contributed by atoms with van der Waals surface area (Å²) in [6, 6.07) is 4.28. The van der Waals surface area contributed by atoms with Crippen molar-refractivity contribution in [2.75, 3.05) is 10.6 Å². The highest BCUT2D eigenvalue weighted by molar-refractivity contribution is 6.33. The Morgan fingerprint density at radius 2 is 1.65 bits per heavy atom. The Balaban J connectivity index is 2.13. The minimum absolute atomic E-state index is 0.129. The first-order chi connectivity index (χ1) is 10.7. The molecule has 9 heteroatoms. The standard InChI is InChI=1S/C14H8ClF5N2O/c15-9-5-10(16)11(17)6-12(9)22-13(23)21-8-3-1-2-7(4-8)14(18,19)20/h1-6H,(H2,21,22,23). The van der Waals surface area contributed by atoms with E-state index in [1.165, 1.54) is 6.07 Å². The van der Waals surface area contributed by atoms with Gasteiger partial charge >= 0.3 is 12.2 Å². The molecule has 122 valence electrons. The van der Waals surface area contributed by atoms with Gasteiger partial charge in [0.1, 0.15) is 0 Å². The molecule has 23 heavy (non-hydrogen) atoms. The third kappa shape index (κ3) is 4.32. The zero-order chi connectivity index (χ0) is 17.2. The molecule has 0 saturated heterocycles. The van der Waals surface area contributed by atoms with Crippen LogP contribution >= 0.6 is 11.6 Å². The normalized spacial score (nSPS) is 11.2. The molecule has 0 heterocycles. The average Bonchev–Trinajstić information content (AvgIpc) is 2.44. The lowest BCUT2D eigenvalue weighted by Crippen LogP contribution is -2.20. The van der Waals surface area contributed by atoms with Crippen molar-refractivity contribution in [2.24, 2.45) is 0 Å². The van der Waals surface area contributed by atoms with Crippen molar-refractivity contribution >= 4 is 29.0 Å². The fourth-order valence-corrected chi connectivity index (χ4v) is 1.87. The largest absolute Gasteiger partial charge is 0.416 e. The summed E-state index contributed by atoms with van der Waals surface area (Å²) in [5.41, 5.74) is -1.30. The molecular weight excluding hydrogens is 343 g/mol. The fraction of sp³-hybridized carbons (Fsp3) is 0.0714. The quantitative estimate of drug-likeness (QED) is 0.561. The first kappa shape index (κ1) is 17.0. The van der Waals surface area contributed by atoms with Gasteiger partial charge in [-0.1, -0.05) is 17.7 Å². The number of anilines is 2. The third-order valence-corrected chi connectivity index (χ3v) is 3.02.